The monoisotopic (exact) mass is 475 g/mol. The Balaban J connectivity index is 1.91. The normalized spacial score (nSPS) is 11.1. The van der Waals surface area contributed by atoms with E-state index in [0.717, 1.165) is 0 Å². The highest BCUT2D eigenvalue weighted by molar-refractivity contribution is 6.01. The summed E-state index contributed by atoms with van der Waals surface area (Å²) in [5.41, 5.74) is 7.70. The summed E-state index contributed by atoms with van der Waals surface area (Å²) in [6, 6.07) is 13.3. The van der Waals surface area contributed by atoms with Crippen molar-refractivity contribution in [3.8, 4) is 6.07 Å². The van der Waals surface area contributed by atoms with Gasteiger partial charge in [-0.1, -0.05) is 20.8 Å². The minimum Gasteiger partial charge on any atom is -0.370 e. The highest BCUT2D eigenvalue weighted by Gasteiger charge is 2.29. The average molecular weight is 476 g/mol. The molecule has 2 aromatic carbocycles. The number of rotatable bonds is 8. The van der Waals surface area contributed by atoms with Crippen LogP contribution in [-0.2, 0) is 16.1 Å². The third-order valence-electron chi connectivity index (χ3n) is 5.97. The summed E-state index contributed by atoms with van der Waals surface area (Å²) in [5.74, 6) is -0.274. The van der Waals surface area contributed by atoms with Gasteiger partial charge in [0.15, 0.2) is 0 Å². The number of nitrogens with zero attached hydrogens (tertiary/aromatic N) is 4. The summed E-state index contributed by atoms with van der Waals surface area (Å²) in [6.07, 6.45) is 0.755. The first kappa shape index (κ1) is 25.2. The number of urea groups is 1. The molecule has 3 aromatic rings. The minimum atomic E-state index is -0.539. The quantitative estimate of drug-likeness (QED) is 0.453. The van der Waals surface area contributed by atoms with Crippen LogP contribution in [0.1, 0.15) is 39.2 Å². The number of nitriles is 1. The molecule has 4 amide bonds. The first-order valence-electron chi connectivity index (χ1n) is 11.2. The number of nitrogens with one attached hydrogen (secondary N) is 2. The van der Waals surface area contributed by atoms with Gasteiger partial charge in [-0.3, -0.25) is 14.9 Å². The average Bonchev–Trinajstić information content (AvgIpc) is 3.17. The van der Waals surface area contributed by atoms with Crippen LogP contribution >= 0.6 is 0 Å². The number of imidazole rings is 1. The third-order valence-corrected chi connectivity index (χ3v) is 5.97. The Morgan fingerprint density at radius 3 is 2.43 bits per heavy atom. The van der Waals surface area contributed by atoms with Crippen LogP contribution in [-0.4, -0.2) is 34.4 Å². The van der Waals surface area contributed by atoms with Crippen LogP contribution in [0.25, 0.3) is 11.0 Å². The summed E-state index contributed by atoms with van der Waals surface area (Å²) < 4.78 is 1.69. The molecule has 0 bridgehead atoms. The lowest BCUT2D eigenvalue weighted by Gasteiger charge is -2.28. The number of carbonyl (C=O) groups excluding carboxylic acids is 3. The third kappa shape index (κ3) is 5.76. The van der Waals surface area contributed by atoms with Gasteiger partial charge in [-0.15, -0.1) is 0 Å². The molecule has 0 atom stereocenters. The number of hydrogen-bond acceptors (Lipinski definition) is 5. The number of nitrogens with two attached hydrogens (primary N) is 1. The highest BCUT2D eigenvalue weighted by Crippen LogP contribution is 2.29. The van der Waals surface area contributed by atoms with E-state index in [1.165, 1.54) is 0 Å². The van der Waals surface area contributed by atoms with Crippen molar-refractivity contribution in [2.45, 2.75) is 40.2 Å². The van der Waals surface area contributed by atoms with Gasteiger partial charge in [-0.25, -0.2) is 9.78 Å². The van der Waals surface area contributed by atoms with Gasteiger partial charge < -0.3 is 20.5 Å². The van der Waals surface area contributed by atoms with E-state index < -0.39 is 17.4 Å². The molecule has 0 radical (unpaired) electrons. The lowest BCUT2D eigenvalue weighted by Crippen LogP contribution is -2.38. The zero-order chi connectivity index (χ0) is 25.8. The van der Waals surface area contributed by atoms with Crippen molar-refractivity contribution in [3.05, 3.63) is 48.0 Å². The molecule has 35 heavy (non-hydrogen) atoms. The molecule has 182 valence electrons. The SMILES string of the molecule is CCC(C)(C)C(=O)N(C)c1ccc2c(c1)nc(NC(=O)Nc1ccc(C#N)cc1)n2CCC(N)=O. The predicted molar refractivity (Wildman–Crippen MR) is 135 cm³/mol. The molecular formula is C25H29N7O3. The minimum absolute atomic E-state index is 0.0207. The van der Waals surface area contributed by atoms with Crippen molar-refractivity contribution in [2.75, 3.05) is 22.6 Å². The molecular weight excluding hydrogens is 446 g/mol. The van der Waals surface area contributed by atoms with E-state index in [1.54, 1.807) is 59.0 Å². The maximum Gasteiger partial charge on any atom is 0.326 e. The summed E-state index contributed by atoms with van der Waals surface area (Å²) in [6.45, 7) is 5.99. The van der Waals surface area contributed by atoms with E-state index in [4.69, 9.17) is 11.0 Å². The number of primary amides is 1. The van der Waals surface area contributed by atoms with Crippen LogP contribution in [0.5, 0.6) is 0 Å². The number of amides is 4. The van der Waals surface area contributed by atoms with Crippen LogP contribution in [0, 0.1) is 16.7 Å². The summed E-state index contributed by atoms with van der Waals surface area (Å²) >= 11 is 0. The maximum absolute atomic E-state index is 12.9. The van der Waals surface area contributed by atoms with Gasteiger partial charge in [0, 0.05) is 36.8 Å². The Kier molecular flexibility index (Phi) is 7.40. The van der Waals surface area contributed by atoms with Crippen LogP contribution in [0.2, 0.25) is 0 Å². The Labute approximate surface area is 203 Å². The van der Waals surface area contributed by atoms with Crippen LogP contribution in [0.4, 0.5) is 22.1 Å². The van der Waals surface area contributed by atoms with Gasteiger partial charge in [-0.2, -0.15) is 5.26 Å². The van der Waals surface area contributed by atoms with Gasteiger partial charge in [0.25, 0.3) is 0 Å². The Hall–Kier alpha value is -4.39. The van der Waals surface area contributed by atoms with Gasteiger partial charge in [0.05, 0.1) is 22.7 Å². The highest BCUT2D eigenvalue weighted by atomic mass is 16.2. The number of aryl methyl sites for hydroxylation is 1. The van der Waals surface area contributed by atoms with Crippen molar-refractivity contribution < 1.29 is 14.4 Å². The summed E-state index contributed by atoms with van der Waals surface area (Å²) in [5, 5.41) is 14.3. The topological polar surface area (TPSA) is 146 Å². The Morgan fingerprint density at radius 2 is 1.83 bits per heavy atom. The van der Waals surface area contributed by atoms with Crippen molar-refractivity contribution >= 4 is 46.2 Å². The molecule has 0 saturated heterocycles. The van der Waals surface area contributed by atoms with Crippen molar-refractivity contribution in [1.29, 1.82) is 5.26 Å². The Morgan fingerprint density at radius 1 is 1.14 bits per heavy atom. The number of hydrogen-bond donors (Lipinski definition) is 3. The van der Waals surface area contributed by atoms with E-state index in [2.05, 4.69) is 15.6 Å². The molecule has 0 unspecified atom stereocenters. The molecule has 10 heteroatoms. The van der Waals surface area contributed by atoms with E-state index in [-0.39, 0.29) is 24.8 Å². The van der Waals surface area contributed by atoms with Gasteiger partial charge >= 0.3 is 6.03 Å². The van der Waals surface area contributed by atoms with Crippen LogP contribution < -0.4 is 21.3 Å². The lowest BCUT2D eigenvalue weighted by molar-refractivity contribution is -0.126. The molecule has 0 saturated carbocycles. The number of aromatic nitrogens is 2. The van der Waals surface area contributed by atoms with Crippen molar-refractivity contribution in [3.63, 3.8) is 0 Å². The molecule has 1 aromatic heterocycles. The maximum atomic E-state index is 12.9. The molecule has 0 aliphatic carbocycles. The fourth-order valence-corrected chi connectivity index (χ4v) is 3.49. The van der Waals surface area contributed by atoms with Gasteiger partial charge in [-0.05, 0) is 48.9 Å². The van der Waals surface area contributed by atoms with E-state index in [0.29, 0.717) is 34.4 Å². The number of anilines is 3. The van der Waals surface area contributed by atoms with E-state index in [1.807, 2.05) is 26.8 Å². The second kappa shape index (κ2) is 10.3. The van der Waals surface area contributed by atoms with Gasteiger partial charge in [0.2, 0.25) is 17.8 Å². The Bertz CT molecular complexity index is 1300. The number of carbonyl (C=O) groups is 3. The first-order valence-corrected chi connectivity index (χ1v) is 11.2. The number of fused-ring (bicyclic) bond motifs is 1. The zero-order valence-corrected chi connectivity index (χ0v) is 20.3. The fraction of sp³-hybridized carbons (Fsp3) is 0.320. The molecule has 0 fully saturated rings. The standard InChI is InChI=1S/C25H29N7O3/c1-5-25(2,3)22(34)31(4)18-10-11-20-19(14-18)29-23(32(20)13-12-21(27)33)30-24(35)28-17-8-6-16(15-26)7-9-17/h6-11,14H,5,12-13H2,1-4H3,(H2,27,33)(H2,28,29,30,35). The molecule has 1 heterocycles. The lowest BCUT2D eigenvalue weighted by atomic mass is 9.88. The van der Waals surface area contributed by atoms with Crippen LogP contribution in [0.3, 0.4) is 0 Å². The molecule has 0 spiro atoms. The van der Waals surface area contributed by atoms with E-state index >= 15 is 0 Å². The molecule has 4 N–H and O–H groups in total. The van der Waals surface area contributed by atoms with Gasteiger partial charge in [0.1, 0.15) is 0 Å². The second-order valence-electron chi connectivity index (χ2n) is 8.85. The van der Waals surface area contributed by atoms with E-state index in [9.17, 15) is 14.4 Å². The molecule has 0 aliphatic rings. The molecule has 3 rings (SSSR count). The predicted octanol–water partition coefficient (Wildman–Crippen LogP) is 3.83. The van der Waals surface area contributed by atoms with Crippen molar-refractivity contribution in [2.24, 2.45) is 11.1 Å². The smallest absolute Gasteiger partial charge is 0.326 e. The zero-order valence-electron chi connectivity index (χ0n) is 20.3. The molecule has 10 nitrogen and oxygen atoms in total. The molecule has 0 aliphatic heterocycles. The van der Waals surface area contributed by atoms with Crippen molar-refractivity contribution in [1.82, 2.24) is 9.55 Å². The second-order valence-corrected chi connectivity index (χ2v) is 8.85. The fourth-order valence-electron chi connectivity index (χ4n) is 3.49. The number of benzene rings is 2. The first-order chi connectivity index (χ1) is 16.6. The van der Waals surface area contributed by atoms with Crippen LogP contribution in [0.15, 0.2) is 42.5 Å². The summed E-state index contributed by atoms with van der Waals surface area (Å²) in [7, 11) is 1.72. The largest absolute Gasteiger partial charge is 0.370 e. The summed E-state index contributed by atoms with van der Waals surface area (Å²) in [4.78, 5) is 43.1.